The molecule has 0 saturated heterocycles. The van der Waals surface area contributed by atoms with Gasteiger partial charge in [0.25, 0.3) is 0 Å². The molecule has 30 heavy (non-hydrogen) atoms. The van der Waals surface area contributed by atoms with Gasteiger partial charge in [-0.15, -0.1) is 36.2 Å². The van der Waals surface area contributed by atoms with Gasteiger partial charge < -0.3 is 20.9 Å². The van der Waals surface area contributed by atoms with Gasteiger partial charge >= 0.3 is 0 Å². The summed E-state index contributed by atoms with van der Waals surface area (Å²) in [6.07, 6.45) is 4.16. The summed E-state index contributed by atoms with van der Waals surface area (Å²) < 4.78 is 8.49. The van der Waals surface area contributed by atoms with E-state index in [4.69, 9.17) is 15.6 Å². The van der Waals surface area contributed by atoms with Crippen LogP contribution in [0, 0.1) is 6.92 Å². The number of hydrogen-bond acceptors (Lipinski definition) is 7. The van der Waals surface area contributed by atoms with Crippen molar-refractivity contribution in [3.05, 3.63) is 41.9 Å². The predicted octanol–water partition coefficient (Wildman–Crippen LogP) is 3.83. The van der Waals surface area contributed by atoms with E-state index in [9.17, 15) is 0 Å². The van der Waals surface area contributed by atoms with Gasteiger partial charge in [-0.3, -0.25) is 0 Å². The normalized spacial score (nSPS) is 10.8. The van der Waals surface area contributed by atoms with E-state index in [2.05, 4.69) is 40.5 Å². The van der Waals surface area contributed by atoms with Crippen LogP contribution in [-0.2, 0) is 6.54 Å². The smallest absolute Gasteiger partial charge is 0.152 e. The molecule has 3 aromatic heterocycles. The third-order valence-electron chi connectivity index (χ3n) is 4.70. The molecule has 10 heteroatoms. The molecule has 3 heterocycles. The van der Waals surface area contributed by atoms with Crippen molar-refractivity contribution < 1.29 is 9.84 Å². The van der Waals surface area contributed by atoms with Crippen LogP contribution in [0.4, 0.5) is 5.82 Å². The molecule has 4 N–H and O–H groups in total. The lowest BCUT2D eigenvalue weighted by atomic mass is 10.1. The first-order valence-electron chi connectivity index (χ1n) is 9.13. The van der Waals surface area contributed by atoms with Crippen LogP contribution in [0.5, 0.6) is 5.75 Å². The fourth-order valence-corrected chi connectivity index (χ4v) is 4.67. The summed E-state index contributed by atoms with van der Waals surface area (Å²) in [6.45, 7) is 3.63. The first kappa shape index (κ1) is 24.2. The van der Waals surface area contributed by atoms with E-state index in [1.807, 2.05) is 6.20 Å². The number of rotatable bonds is 7. The third-order valence-corrected chi connectivity index (χ3v) is 5.88. The van der Waals surface area contributed by atoms with Gasteiger partial charge in [-0.05, 0) is 48.5 Å². The molecular weight excluding hydrogens is 445 g/mol. The number of methoxy groups -OCH3 is 1. The van der Waals surface area contributed by atoms with Crippen molar-refractivity contribution in [3.8, 4) is 16.2 Å². The van der Waals surface area contributed by atoms with Gasteiger partial charge in [0.05, 0.1) is 11.8 Å². The molecule has 0 amide bonds. The summed E-state index contributed by atoms with van der Waals surface area (Å²) in [6, 6.07) is 6.39. The highest BCUT2D eigenvalue weighted by molar-refractivity contribution is 7.22. The number of nitrogens with one attached hydrogen (secondary N) is 1. The number of fused-ring (bicyclic) bond motifs is 2. The molecule has 0 aliphatic heterocycles. The third kappa shape index (κ3) is 4.48. The number of aryl methyl sites for hydroxylation is 1. The number of nitrogens with two attached hydrogens (primary N) is 1. The van der Waals surface area contributed by atoms with Crippen molar-refractivity contribution in [1.82, 2.24) is 19.9 Å². The van der Waals surface area contributed by atoms with Gasteiger partial charge in [0.2, 0.25) is 0 Å². The molecule has 162 valence electrons. The number of anilines is 1. The maximum absolute atomic E-state index is 9.01. The van der Waals surface area contributed by atoms with Crippen LogP contribution in [0.25, 0.3) is 26.0 Å². The van der Waals surface area contributed by atoms with Crippen LogP contribution < -0.4 is 15.8 Å². The summed E-state index contributed by atoms with van der Waals surface area (Å²) in [5.41, 5.74) is 10.3. The Morgan fingerprint density at radius 2 is 2.07 bits per heavy atom. The molecule has 0 aliphatic rings. The van der Waals surface area contributed by atoms with Gasteiger partial charge in [0.15, 0.2) is 5.82 Å². The number of nitrogen functional groups attached to an aromatic ring is 1. The van der Waals surface area contributed by atoms with E-state index in [-0.39, 0.29) is 31.4 Å². The van der Waals surface area contributed by atoms with Gasteiger partial charge in [-0.1, -0.05) is 6.07 Å². The summed E-state index contributed by atoms with van der Waals surface area (Å²) >= 11 is 1.68. The molecule has 1 aromatic carbocycles. The second-order valence-corrected chi connectivity index (χ2v) is 7.77. The van der Waals surface area contributed by atoms with E-state index in [0.29, 0.717) is 18.8 Å². The number of halogens is 2. The minimum Gasteiger partial charge on any atom is -0.495 e. The molecule has 0 atom stereocenters. The Kier molecular flexibility index (Phi) is 8.28. The number of benzene rings is 1. The van der Waals surface area contributed by atoms with Gasteiger partial charge in [-0.2, -0.15) is 5.10 Å². The van der Waals surface area contributed by atoms with Crippen molar-refractivity contribution in [2.75, 3.05) is 26.0 Å². The molecule has 0 unspecified atom stereocenters. The Bertz CT molecular complexity index is 1150. The van der Waals surface area contributed by atoms with Crippen LogP contribution in [0.1, 0.15) is 17.5 Å². The Morgan fingerprint density at radius 1 is 1.27 bits per heavy atom. The Labute approximate surface area is 191 Å². The number of ether oxygens (including phenoxy) is 1. The summed E-state index contributed by atoms with van der Waals surface area (Å²) in [5.74, 6) is 1.33. The number of nitrogens with zero attached hydrogens (tertiary/aromatic N) is 3. The Balaban J connectivity index is 0.00000160. The molecule has 7 nitrogen and oxygen atoms in total. The lowest BCUT2D eigenvalue weighted by molar-refractivity contribution is 0.286. The zero-order chi connectivity index (χ0) is 19.7. The standard InChI is InChI=1S/C20H23N5O2S.2ClH/c1-12-6-13-8-16(28-19(13)15(7-12)27-2)17-14(9-22-4-3-5-26)10-25-18(17)20(21)23-11-24-25;;/h6-8,10-11,22,26H,3-5,9H2,1-2H3,(H2,21,23,24);2*1H. The number of aliphatic hydroxyl groups excluding tert-OH is 1. The molecule has 0 spiro atoms. The Morgan fingerprint density at radius 3 is 2.80 bits per heavy atom. The van der Waals surface area contributed by atoms with E-state index >= 15 is 0 Å². The zero-order valence-corrected chi connectivity index (χ0v) is 19.2. The molecule has 0 fully saturated rings. The molecule has 0 bridgehead atoms. The second kappa shape index (κ2) is 10.3. The van der Waals surface area contributed by atoms with E-state index in [0.717, 1.165) is 49.5 Å². The predicted molar refractivity (Wildman–Crippen MR) is 127 cm³/mol. The monoisotopic (exact) mass is 469 g/mol. The molecule has 4 rings (SSSR count). The maximum atomic E-state index is 9.01. The molecule has 0 radical (unpaired) electrons. The van der Waals surface area contributed by atoms with E-state index in [1.165, 1.54) is 6.33 Å². The lowest BCUT2D eigenvalue weighted by Gasteiger charge is -2.05. The second-order valence-electron chi connectivity index (χ2n) is 6.72. The average Bonchev–Trinajstić information content (AvgIpc) is 3.26. The summed E-state index contributed by atoms with van der Waals surface area (Å²) in [4.78, 5) is 5.29. The molecular formula is C20H25Cl2N5O2S. The van der Waals surface area contributed by atoms with Crippen LogP contribution in [0.2, 0.25) is 0 Å². The van der Waals surface area contributed by atoms with Crippen molar-refractivity contribution in [3.63, 3.8) is 0 Å². The highest BCUT2D eigenvalue weighted by Crippen LogP contribution is 2.43. The highest BCUT2D eigenvalue weighted by atomic mass is 35.5. The average molecular weight is 470 g/mol. The largest absolute Gasteiger partial charge is 0.495 e. The van der Waals surface area contributed by atoms with Crippen molar-refractivity contribution in [2.45, 2.75) is 19.9 Å². The SMILES string of the molecule is COc1cc(C)cc2cc(-c3c(CNCCCO)cn4ncnc(N)c34)sc12.Cl.Cl. The molecule has 4 aromatic rings. The topological polar surface area (TPSA) is 97.7 Å². The number of aromatic nitrogens is 3. The maximum Gasteiger partial charge on any atom is 0.152 e. The fraction of sp³-hybridized carbons (Fsp3) is 0.300. The van der Waals surface area contributed by atoms with Gasteiger partial charge in [0.1, 0.15) is 17.6 Å². The fourth-order valence-electron chi connectivity index (χ4n) is 3.46. The first-order chi connectivity index (χ1) is 13.6. The van der Waals surface area contributed by atoms with Crippen molar-refractivity contribution in [1.29, 1.82) is 0 Å². The summed E-state index contributed by atoms with van der Waals surface area (Å²) in [5, 5.41) is 17.9. The lowest BCUT2D eigenvalue weighted by Crippen LogP contribution is -2.15. The first-order valence-corrected chi connectivity index (χ1v) is 9.95. The van der Waals surface area contributed by atoms with E-state index in [1.54, 1.807) is 23.0 Å². The number of aliphatic hydroxyl groups is 1. The van der Waals surface area contributed by atoms with Crippen molar-refractivity contribution >= 4 is 57.6 Å². The van der Waals surface area contributed by atoms with Crippen LogP contribution in [-0.4, -0.2) is 40.0 Å². The van der Waals surface area contributed by atoms with Crippen LogP contribution in [0.3, 0.4) is 0 Å². The quantitative estimate of drug-likeness (QED) is 0.355. The van der Waals surface area contributed by atoms with Gasteiger partial charge in [0, 0.05) is 29.8 Å². The summed E-state index contributed by atoms with van der Waals surface area (Å²) in [7, 11) is 1.70. The van der Waals surface area contributed by atoms with Crippen LogP contribution >= 0.6 is 36.2 Å². The van der Waals surface area contributed by atoms with Gasteiger partial charge in [-0.25, -0.2) is 9.50 Å². The zero-order valence-electron chi connectivity index (χ0n) is 16.7. The molecule has 0 aliphatic carbocycles. The Hall–Kier alpha value is -2.10. The highest BCUT2D eigenvalue weighted by Gasteiger charge is 2.19. The molecule has 0 saturated carbocycles. The van der Waals surface area contributed by atoms with Crippen molar-refractivity contribution in [2.24, 2.45) is 0 Å². The number of hydrogen-bond donors (Lipinski definition) is 3. The minimum absolute atomic E-state index is 0. The van der Waals surface area contributed by atoms with E-state index < -0.39 is 0 Å². The number of thiophene rings is 1. The minimum atomic E-state index is 0. The van der Waals surface area contributed by atoms with Crippen LogP contribution in [0.15, 0.2) is 30.7 Å².